The molecule has 2 aromatic rings. The molecule has 1 heterocycles. The SMILES string of the molecule is COc1ccc2nc(N(C)C)c(CCN)cc2c1. The highest BCUT2D eigenvalue weighted by atomic mass is 16.5. The highest BCUT2D eigenvalue weighted by Crippen LogP contribution is 2.25. The van der Waals surface area contributed by atoms with Gasteiger partial charge in [0, 0.05) is 19.5 Å². The molecule has 0 saturated carbocycles. The van der Waals surface area contributed by atoms with E-state index in [1.807, 2.05) is 37.2 Å². The number of rotatable bonds is 4. The van der Waals surface area contributed by atoms with Crippen molar-refractivity contribution < 1.29 is 4.74 Å². The van der Waals surface area contributed by atoms with E-state index in [4.69, 9.17) is 10.5 Å². The molecule has 0 atom stereocenters. The van der Waals surface area contributed by atoms with Crippen LogP contribution in [0, 0.1) is 0 Å². The number of anilines is 1. The van der Waals surface area contributed by atoms with E-state index < -0.39 is 0 Å². The number of fused-ring (bicyclic) bond motifs is 1. The van der Waals surface area contributed by atoms with Crippen LogP contribution in [0.3, 0.4) is 0 Å². The minimum absolute atomic E-state index is 0.623. The molecule has 0 aliphatic rings. The molecule has 4 heteroatoms. The van der Waals surface area contributed by atoms with Crippen LogP contribution < -0.4 is 15.4 Å². The van der Waals surface area contributed by atoms with Crippen molar-refractivity contribution in [1.82, 2.24) is 4.98 Å². The van der Waals surface area contributed by atoms with Crippen molar-refractivity contribution in [3.63, 3.8) is 0 Å². The second kappa shape index (κ2) is 5.23. The molecule has 1 aromatic heterocycles. The van der Waals surface area contributed by atoms with Crippen molar-refractivity contribution in [3.8, 4) is 5.75 Å². The third kappa shape index (κ3) is 2.38. The van der Waals surface area contributed by atoms with Gasteiger partial charge in [0.15, 0.2) is 0 Å². The van der Waals surface area contributed by atoms with Gasteiger partial charge in [0.05, 0.1) is 12.6 Å². The molecule has 4 nitrogen and oxygen atoms in total. The maximum atomic E-state index is 5.66. The fourth-order valence-electron chi connectivity index (χ4n) is 2.04. The Balaban J connectivity index is 2.60. The number of nitrogens with zero attached hydrogens (tertiary/aromatic N) is 2. The van der Waals surface area contributed by atoms with Crippen molar-refractivity contribution in [2.45, 2.75) is 6.42 Å². The quantitative estimate of drug-likeness (QED) is 0.892. The molecule has 0 aliphatic carbocycles. The molecule has 0 radical (unpaired) electrons. The third-order valence-electron chi connectivity index (χ3n) is 2.92. The maximum Gasteiger partial charge on any atom is 0.132 e. The van der Waals surface area contributed by atoms with Gasteiger partial charge in [-0.1, -0.05) is 0 Å². The highest BCUT2D eigenvalue weighted by molar-refractivity contribution is 5.83. The van der Waals surface area contributed by atoms with Gasteiger partial charge in [0.1, 0.15) is 11.6 Å². The lowest BCUT2D eigenvalue weighted by molar-refractivity contribution is 0.415. The first kappa shape index (κ1) is 12.6. The van der Waals surface area contributed by atoms with Crippen molar-refractivity contribution in [2.75, 3.05) is 32.6 Å². The van der Waals surface area contributed by atoms with E-state index in [2.05, 4.69) is 11.1 Å². The Labute approximate surface area is 107 Å². The molecule has 0 aliphatic heterocycles. The average Bonchev–Trinajstić information content (AvgIpc) is 2.37. The van der Waals surface area contributed by atoms with Gasteiger partial charge < -0.3 is 15.4 Å². The second-order valence-corrected chi connectivity index (χ2v) is 4.46. The largest absolute Gasteiger partial charge is 0.497 e. The molecule has 96 valence electrons. The minimum Gasteiger partial charge on any atom is -0.497 e. The summed E-state index contributed by atoms with van der Waals surface area (Å²) in [6.45, 7) is 0.623. The van der Waals surface area contributed by atoms with Gasteiger partial charge in [-0.25, -0.2) is 4.98 Å². The van der Waals surface area contributed by atoms with Gasteiger partial charge in [-0.05, 0) is 42.8 Å². The molecule has 2 N–H and O–H groups in total. The van der Waals surface area contributed by atoms with Crippen LogP contribution in [0.2, 0.25) is 0 Å². The van der Waals surface area contributed by atoms with Gasteiger partial charge in [-0.3, -0.25) is 0 Å². The number of pyridine rings is 1. The molecule has 0 bridgehead atoms. The van der Waals surface area contributed by atoms with Crippen LogP contribution in [0.4, 0.5) is 5.82 Å². The lowest BCUT2D eigenvalue weighted by Gasteiger charge is -2.17. The zero-order valence-corrected chi connectivity index (χ0v) is 11.1. The minimum atomic E-state index is 0.623. The molecule has 18 heavy (non-hydrogen) atoms. The van der Waals surface area contributed by atoms with Crippen LogP contribution >= 0.6 is 0 Å². The van der Waals surface area contributed by atoms with Crippen molar-refractivity contribution in [2.24, 2.45) is 5.73 Å². The van der Waals surface area contributed by atoms with Crippen molar-refractivity contribution >= 4 is 16.7 Å². The Kier molecular flexibility index (Phi) is 3.67. The monoisotopic (exact) mass is 245 g/mol. The molecule has 0 unspecified atom stereocenters. The first-order valence-electron chi connectivity index (χ1n) is 6.00. The zero-order chi connectivity index (χ0) is 13.1. The summed E-state index contributed by atoms with van der Waals surface area (Å²) >= 11 is 0. The van der Waals surface area contributed by atoms with Crippen LogP contribution in [0.15, 0.2) is 24.3 Å². The van der Waals surface area contributed by atoms with E-state index in [0.29, 0.717) is 6.54 Å². The van der Waals surface area contributed by atoms with Crippen LogP contribution in [0.25, 0.3) is 10.9 Å². The number of hydrogen-bond acceptors (Lipinski definition) is 4. The first-order valence-corrected chi connectivity index (χ1v) is 6.00. The summed E-state index contributed by atoms with van der Waals surface area (Å²) in [7, 11) is 5.67. The van der Waals surface area contributed by atoms with E-state index in [1.54, 1.807) is 7.11 Å². The molecular weight excluding hydrogens is 226 g/mol. The summed E-state index contributed by atoms with van der Waals surface area (Å²) < 4.78 is 5.24. The number of nitrogens with two attached hydrogens (primary N) is 1. The fourth-order valence-corrected chi connectivity index (χ4v) is 2.04. The normalized spacial score (nSPS) is 10.7. The molecular formula is C14H19N3O. The topological polar surface area (TPSA) is 51.4 Å². The van der Waals surface area contributed by atoms with Crippen molar-refractivity contribution in [1.29, 1.82) is 0 Å². The van der Waals surface area contributed by atoms with Gasteiger partial charge >= 0.3 is 0 Å². The van der Waals surface area contributed by atoms with Crippen LogP contribution in [0.5, 0.6) is 5.75 Å². The Hall–Kier alpha value is -1.81. The van der Waals surface area contributed by atoms with Crippen LogP contribution in [-0.2, 0) is 6.42 Å². The summed E-state index contributed by atoms with van der Waals surface area (Å²) in [5, 5.41) is 1.09. The number of methoxy groups -OCH3 is 1. The standard InChI is InChI=1S/C14H19N3O/c1-17(2)14-10(6-7-15)8-11-9-12(18-3)4-5-13(11)16-14/h4-5,8-9H,6-7,15H2,1-3H3. The fraction of sp³-hybridized carbons (Fsp3) is 0.357. The van der Waals surface area contributed by atoms with E-state index >= 15 is 0 Å². The molecule has 0 amide bonds. The summed E-state index contributed by atoms with van der Waals surface area (Å²) in [5.74, 6) is 1.83. The van der Waals surface area contributed by atoms with Gasteiger partial charge in [-0.15, -0.1) is 0 Å². The van der Waals surface area contributed by atoms with E-state index in [9.17, 15) is 0 Å². The number of ether oxygens (including phenoxy) is 1. The summed E-state index contributed by atoms with van der Waals surface area (Å²) in [6, 6.07) is 8.06. The predicted molar refractivity (Wildman–Crippen MR) is 75.4 cm³/mol. The Morgan fingerprint density at radius 3 is 2.67 bits per heavy atom. The molecule has 0 fully saturated rings. The van der Waals surface area contributed by atoms with Crippen LogP contribution in [-0.4, -0.2) is 32.7 Å². The maximum absolute atomic E-state index is 5.66. The molecule has 2 rings (SSSR count). The van der Waals surface area contributed by atoms with Crippen LogP contribution in [0.1, 0.15) is 5.56 Å². The predicted octanol–water partition coefficient (Wildman–Crippen LogP) is 1.81. The first-order chi connectivity index (χ1) is 8.65. The second-order valence-electron chi connectivity index (χ2n) is 4.46. The van der Waals surface area contributed by atoms with Crippen molar-refractivity contribution in [3.05, 3.63) is 29.8 Å². The van der Waals surface area contributed by atoms with Gasteiger partial charge in [0.25, 0.3) is 0 Å². The Morgan fingerprint density at radius 2 is 2.06 bits per heavy atom. The van der Waals surface area contributed by atoms with E-state index in [-0.39, 0.29) is 0 Å². The summed E-state index contributed by atoms with van der Waals surface area (Å²) in [5.41, 5.74) is 7.80. The van der Waals surface area contributed by atoms with E-state index in [1.165, 1.54) is 5.56 Å². The summed E-state index contributed by atoms with van der Waals surface area (Å²) in [6.07, 6.45) is 0.827. The average molecular weight is 245 g/mol. The van der Waals surface area contributed by atoms with E-state index in [0.717, 1.165) is 28.9 Å². The number of aromatic nitrogens is 1. The number of benzene rings is 1. The molecule has 0 saturated heterocycles. The van der Waals surface area contributed by atoms with Gasteiger partial charge in [0.2, 0.25) is 0 Å². The zero-order valence-electron chi connectivity index (χ0n) is 11.1. The highest BCUT2D eigenvalue weighted by Gasteiger charge is 2.08. The number of hydrogen-bond donors (Lipinski definition) is 1. The molecule has 0 spiro atoms. The molecule has 1 aromatic carbocycles. The Bertz CT molecular complexity index is 552. The Morgan fingerprint density at radius 1 is 1.28 bits per heavy atom. The summed E-state index contributed by atoms with van der Waals surface area (Å²) in [4.78, 5) is 6.71. The lowest BCUT2D eigenvalue weighted by Crippen LogP contribution is -2.15. The lowest BCUT2D eigenvalue weighted by atomic mass is 10.1. The van der Waals surface area contributed by atoms with Gasteiger partial charge in [-0.2, -0.15) is 0 Å². The smallest absolute Gasteiger partial charge is 0.132 e. The third-order valence-corrected chi connectivity index (χ3v) is 2.92.